The number of nitrogens with one attached hydrogen (secondary N) is 5. The summed E-state index contributed by atoms with van der Waals surface area (Å²) < 4.78 is 0. The van der Waals surface area contributed by atoms with Crippen LogP contribution in [-0.4, -0.2) is 203 Å². The first-order valence-electron chi connectivity index (χ1n) is 22.1. The van der Waals surface area contributed by atoms with Crippen LogP contribution in [0.1, 0.15) is 52.0 Å². The number of carbonyl (C=O) groups excluding carboxylic acids is 5. The largest absolute Gasteiger partial charge is 0.481 e. The number of carboxylic acid groups (broad SMARTS) is 4. The SMILES string of the molecule is CC[C@H](C)[C@H](CC(=O)[C@H](CCSC)NC(=O)Nc1ccc(CNC(=O)CN2CCN(CC(=O)O)CCN(CC(=O)O)CCN(CC(=O)O)CC2)cc1)C(=O)NCCNC(=O)CC(C)C(=O)O. The van der Waals surface area contributed by atoms with E-state index in [1.165, 1.54) is 18.7 Å². The van der Waals surface area contributed by atoms with Crippen molar-refractivity contribution in [2.24, 2.45) is 17.8 Å². The van der Waals surface area contributed by atoms with Gasteiger partial charge in [-0.05, 0) is 42.0 Å². The molecule has 66 heavy (non-hydrogen) atoms. The summed E-state index contributed by atoms with van der Waals surface area (Å²) in [7, 11) is 0. The van der Waals surface area contributed by atoms with Crippen LogP contribution in [0.2, 0.25) is 0 Å². The number of nitrogens with zero attached hydrogens (tertiary/aromatic N) is 4. The van der Waals surface area contributed by atoms with Crippen molar-refractivity contribution < 1.29 is 63.6 Å². The van der Waals surface area contributed by atoms with Gasteiger partial charge in [0.2, 0.25) is 17.7 Å². The average Bonchev–Trinajstić information content (AvgIpc) is 3.25. The molecule has 0 radical (unpaired) electrons. The third kappa shape index (κ3) is 23.7. The van der Waals surface area contributed by atoms with E-state index in [-0.39, 0.29) is 121 Å². The van der Waals surface area contributed by atoms with E-state index >= 15 is 0 Å². The number of rotatable bonds is 27. The number of thioether (sulfide) groups is 1. The molecule has 5 amide bonds. The van der Waals surface area contributed by atoms with Crippen molar-refractivity contribution in [2.75, 3.05) is 109 Å². The topological polar surface area (TPSA) is 308 Å². The number of benzene rings is 1. The van der Waals surface area contributed by atoms with Gasteiger partial charge in [-0.3, -0.25) is 58.0 Å². The maximum Gasteiger partial charge on any atom is 0.319 e. The molecule has 9 N–H and O–H groups in total. The zero-order valence-electron chi connectivity index (χ0n) is 38.4. The number of carboxylic acids is 4. The first kappa shape index (κ1) is 56.8. The van der Waals surface area contributed by atoms with Gasteiger partial charge in [0.1, 0.15) is 0 Å². The van der Waals surface area contributed by atoms with Crippen molar-refractivity contribution in [2.45, 2.75) is 59.0 Å². The highest BCUT2D eigenvalue weighted by Crippen LogP contribution is 2.22. The highest BCUT2D eigenvalue weighted by Gasteiger charge is 2.31. The van der Waals surface area contributed by atoms with Gasteiger partial charge in [0.05, 0.1) is 38.1 Å². The van der Waals surface area contributed by atoms with Gasteiger partial charge in [-0.25, -0.2) is 4.79 Å². The minimum Gasteiger partial charge on any atom is -0.481 e. The van der Waals surface area contributed by atoms with Gasteiger partial charge >= 0.3 is 29.9 Å². The number of amides is 5. The molecule has 1 aliphatic heterocycles. The molecule has 1 heterocycles. The maximum absolute atomic E-state index is 13.6. The molecular weight excluding hydrogens is 883 g/mol. The molecule has 0 aliphatic carbocycles. The second kappa shape index (κ2) is 30.8. The Morgan fingerprint density at radius 2 is 1.14 bits per heavy atom. The number of carbonyl (C=O) groups is 9. The van der Waals surface area contributed by atoms with Gasteiger partial charge < -0.3 is 47.0 Å². The van der Waals surface area contributed by atoms with Crippen molar-refractivity contribution in [3.63, 3.8) is 0 Å². The summed E-state index contributed by atoms with van der Waals surface area (Å²) in [5.74, 6) is -6.84. The number of aliphatic carboxylic acids is 4. The summed E-state index contributed by atoms with van der Waals surface area (Å²) in [5, 5.41) is 51.0. The van der Waals surface area contributed by atoms with Crippen molar-refractivity contribution in [3.8, 4) is 0 Å². The average molecular weight is 952 g/mol. The van der Waals surface area contributed by atoms with Gasteiger partial charge in [-0.1, -0.05) is 39.3 Å². The van der Waals surface area contributed by atoms with Crippen LogP contribution in [0.3, 0.4) is 0 Å². The molecule has 23 heteroatoms. The molecule has 1 aromatic rings. The van der Waals surface area contributed by atoms with E-state index < -0.39 is 53.7 Å². The molecule has 1 saturated heterocycles. The lowest BCUT2D eigenvalue weighted by Crippen LogP contribution is -2.49. The van der Waals surface area contributed by atoms with Gasteiger partial charge in [0.15, 0.2) is 5.78 Å². The molecule has 22 nitrogen and oxygen atoms in total. The summed E-state index contributed by atoms with van der Waals surface area (Å²) in [6.07, 6.45) is 2.49. The third-order valence-electron chi connectivity index (χ3n) is 11.1. The Labute approximate surface area is 389 Å². The minimum atomic E-state index is -1.09. The zero-order chi connectivity index (χ0) is 49.2. The van der Waals surface area contributed by atoms with E-state index in [0.717, 1.165) is 0 Å². The van der Waals surface area contributed by atoms with Crippen LogP contribution in [0.25, 0.3) is 0 Å². The fraction of sp³-hybridized carbons (Fsp3) is 0.651. The van der Waals surface area contributed by atoms with E-state index in [2.05, 4.69) is 26.6 Å². The lowest BCUT2D eigenvalue weighted by Gasteiger charge is -2.32. The van der Waals surface area contributed by atoms with Crippen LogP contribution in [0.15, 0.2) is 24.3 Å². The van der Waals surface area contributed by atoms with Crippen LogP contribution in [-0.2, 0) is 44.9 Å². The van der Waals surface area contributed by atoms with Crippen molar-refractivity contribution >= 4 is 70.9 Å². The number of urea groups is 1. The normalized spacial score (nSPS) is 16.5. The second-order valence-corrected chi connectivity index (χ2v) is 17.4. The van der Waals surface area contributed by atoms with E-state index in [1.54, 1.807) is 39.0 Å². The minimum absolute atomic E-state index is 0.0529. The van der Waals surface area contributed by atoms with Gasteiger partial charge in [0.25, 0.3) is 0 Å². The number of ketones is 1. The fourth-order valence-electron chi connectivity index (χ4n) is 6.98. The molecule has 0 saturated carbocycles. The molecule has 0 bridgehead atoms. The predicted molar refractivity (Wildman–Crippen MR) is 246 cm³/mol. The molecule has 1 fully saturated rings. The molecule has 1 aliphatic rings. The molecule has 2 rings (SSSR count). The van der Waals surface area contributed by atoms with Gasteiger partial charge in [-0.2, -0.15) is 11.8 Å². The monoisotopic (exact) mass is 951 g/mol. The van der Waals surface area contributed by atoms with Gasteiger partial charge in [0, 0.05) is 96.4 Å². The van der Waals surface area contributed by atoms with Crippen LogP contribution >= 0.6 is 11.8 Å². The van der Waals surface area contributed by atoms with Crippen molar-refractivity contribution in [1.29, 1.82) is 0 Å². The number of Topliss-reactive ketones (excluding diaryl/α,β-unsaturated/α-hetero) is 1. The number of anilines is 1. The van der Waals surface area contributed by atoms with E-state index in [1.807, 2.05) is 25.0 Å². The van der Waals surface area contributed by atoms with Crippen molar-refractivity contribution in [3.05, 3.63) is 29.8 Å². The highest BCUT2D eigenvalue weighted by atomic mass is 32.2. The van der Waals surface area contributed by atoms with E-state index in [0.29, 0.717) is 42.9 Å². The predicted octanol–water partition coefficient (Wildman–Crippen LogP) is -0.0139. The Balaban J connectivity index is 2.00. The Kier molecular flexibility index (Phi) is 26.5. The van der Waals surface area contributed by atoms with Crippen molar-refractivity contribution in [1.82, 2.24) is 40.9 Å². The first-order valence-corrected chi connectivity index (χ1v) is 23.5. The standard InChI is InChI=1S/C43H69N9O13S/c1-5-29(2)33(41(62)45-12-11-44-36(54)22-30(3)42(63)64)23-35(53)34(10-21-66-4)48-43(65)47-32-8-6-31(7-9-32)24-46-37(55)25-49-13-15-50(26-38(56)57)17-19-52(28-40(60)61)20-18-51(16-14-49)27-39(58)59/h6-9,29-30,33-34H,5,10-28H2,1-4H3,(H,44,54)(H,45,62)(H,46,55)(H,56,57)(H,58,59)(H,60,61)(H,63,64)(H2,47,48,65)/t29-,30?,33-,34-/m0/s1. The Hall–Kier alpha value is -5.36. The molecule has 0 spiro atoms. The number of hydrogen-bond donors (Lipinski definition) is 9. The molecule has 1 unspecified atom stereocenters. The van der Waals surface area contributed by atoms with Crippen LogP contribution in [0, 0.1) is 17.8 Å². The highest BCUT2D eigenvalue weighted by molar-refractivity contribution is 7.98. The third-order valence-corrected chi connectivity index (χ3v) is 11.8. The lowest BCUT2D eigenvalue weighted by atomic mass is 9.85. The van der Waals surface area contributed by atoms with Crippen LogP contribution < -0.4 is 26.6 Å². The van der Waals surface area contributed by atoms with Crippen LogP contribution in [0.4, 0.5) is 10.5 Å². The summed E-state index contributed by atoms with van der Waals surface area (Å²) >= 11 is 1.50. The Morgan fingerprint density at radius 3 is 1.59 bits per heavy atom. The van der Waals surface area contributed by atoms with E-state index in [9.17, 15) is 58.5 Å². The fourth-order valence-corrected chi connectivity index (χ4v) is 7.45. The van der Waals surface area contributed by atoms with E-state index in [4.69, 9.17) is 5.11 Å². The Bertz CT molecular complexity index is 1740. The molecule has 0 aromatic heterocycles. The number of hydrogen-bond acceptors (Lipinski definition) is 14. The smallest absolute Gasteiger partial charge is 0.319 e. The quantitative estimate of drug-likeness (QED) is 0.0524. The molecule has 1 aromatic carbocycles. The zero-order valence-corrected chi connectivity index (χ0v) is 39.2. The summed E-state index contributed by atoms with van der Waals surface area (Å²) in [6, 6.07) is 5.19. The maximum atomic E-state index is 13.6. The Morgan fingerprint density at radius 1 is 0.652 bits per heavy atom. The summed E-state index contributed by atoms with van der Waals surface area (Å²) in [6.45, 7) is 6.77. The molecular formula is C43H69N9O13S. The summed E-state index contributed by atoms with van der Waals surface area (Å²) in [4.78, 5) is 118. The molecule has 4 atom stereocenters. The lowest BCUT2D eigenvalue weighted by molar-refractivity contribution is -0.143. The van der Waals surface area contributed by atoms with Gasteiger partial charge in [-0.15, -0.1) is 0 Å². The first-order chi connectivity index (χ1) is 31.3. The second-order valence-electron chi connectivity index (χ2n) is 16.4. The van der Waals surface area contributed by atoms with Crippen LogP contribution in [0.5, 0.6) is 0 Å². The molecule has 370 valence electrons. The summed E-state index contributed by atoms with van der Waals surface area (Å²) in [5.41, 5.74) is 1.13.